The molecule has 3 rings (SSSR count). The Bertz CT molecular complexity index is 662. The van der Waals surface area contributed by atoms with Crippen LogP contribution in [0.3, 0.4) is 0 Å². The van der Waals surface area contributed by atoms with E-state index in [1.807, 2.05) is 15.7 Å². The van der Waals surface area contributed by atoms with Gasteiger partial charge in [-0.25, -0.2) is 4.98 Å². The summed E-state index contributed by atoms with van der Waals surface area (Å²) in [5.74, 6) is 1.19. The van der Waals surface area contributed by atoms with E-state index in [-0.39, 0.29) is 5.91 Å². The number of aryl methyl sites for hydroxylation is 1. The first-order chi connectivity index (χ1) is 10.6. The molecule has 1 aromatic carbocycles. The second-order valence-corrected chi connectivity index (χ2v) is 6.37. The summed E-state index contributed by atoms with van der Waals surface area (Å²) in [6.07, 6.45) is 5.91. The van der Waals surface area contributed by atoms with E-state index in [0.717, 1.165) is 19.5 Å². The highest BCUT2D eigenvalue weighted by atomic mass is 16.2. The van der Waals surface area contributed by atoms with Gasteiger partial charge in [-0.2, -0.15) is 0 Å². The average molecular weight is 297 g/mol. The molecule has 2 heterocycles. The first kappa shape index (κ1) is 14.8. The molecule has 0 aliphatic carbocycles. The molecule has 1 saturated heterocycles. The molecule has 1 atom stereocenters. The monoisotopic (exact) mass is 297 g/mol. The molecular weight excluding hydrogens is 274 g/mol. The summed E-state index contributed by atoms with van der Waals surface area (Å²) >= 11 is 0. The van der Waals surface area contributed by atoms with Gasteiger partial charge in [-0.05, 0) is 31.2 Å². The molecule has 0 spiro atoms. The molecular formula is C18H23N3O. The zero-order valence-electron chi connectivity index (χ0n) is 13.3. The predicted octanol–water partition coefficient (Wildman–Crippen LogP) is 3.11. The molecule has 1 aliphatic heterocycles. The van der Waals surface area contributed by atoms with Crippen molar-refractivity contribution in [3.8, 4) is 0 Å². The molecule has 22 heavy (non-hydrogen) atoms. The smallest absolute Gasteiger partial charge is 0.289 e. The van der Waals surface area contributed by atoms with Crippen LogP contribution in [0, 0.1) is 12.8 Å². The quantitative estimate of drug-likeness (QED) is 0.873. The number of benzene rings is 1. The van der Waals surface area contributed by atoms with Crippen LogP contribution in [0.2, 0.25) is 0 Å². The van der Waals surface area contributed by atoms with Crippen LogP contribution in [-0.4, -0.2) is 33.4 Å². The number of piperidine rings is 1. The number of rotatable bonds is 3. The highest BCUT2D eigenvalue weighted by molar-refractivity contribution is 5.91. The number of carbonyl (C=O) groups excluding carboxylic acids is 1. The normalized spacial score (nSPS) is 18.5. The third kappa shape index (κ3) is 3.21. The van der Waals surface area contributed by atoms with E-state index < -0.39 is 0 Å². The van der Waals surface area contributed by atoms with Gasteiger partial charge in [0.2, 0.25) is 0 Å². The van der Waals surface area contributed by atoms with Crippen molar-refractivity contribution in [3.63, 3.8) is 0 Å². The molecule has 1 aromatic heterocycles. The molecule has 2 aromatic rings. The van der Waals surface area contributed by atoms with Gasteiger partial charge in [0.25, 0.3) is 5.91 Å². The summed E-state index contributed by atoms with van der Waals surface area (Å²) in [5, 5.41) is 0. The van der Waals surface area contributed by atoms with E-state index >= 15 is 0 Å². The number of hydrogen-bond acceptors (Lipinski definition) is 2. The lowest BCUT2D eigenvalue weighted by atomic mass is 10.0. The average Bonchev–Trinajstić information content (AvgIpc) is 2.94. The number of nitrogens with zero attached hydrogens (tertiary/aromatic N) is 3. The lowest BCUT2D eigenvalue weighted by Crippen LogP contribution is -2.40. The fourth-order valence-corrected chi connectivity index (χ4v) is 3.16. The first-order valence-electron chi connectivity index (χ1n) is 7.99. The molecule has 1 amide bonds. The molecule has 1 aliphatic rings. The van der Waals surface area contributed by atoms with Crippen LogP contribution in [-0.2, 0) is 6.54 Å². The van der Waals surface area contributed by atoms with Crippen molar-refractivity contribution in [3.05, 3.63) is 53.6 Å². The first-order valence-corrected chi connectivity index (χ1v) is 7.99. The molecule has 0 bridgehead atoms. The molecule has 1 unspecified atom stereocenters. The summed E-state index contributed by atoms with van der Waals surface area (Å²) in [6.45, 7) is 6.67. The molecule has 4 nitrogen and oxygen atoms in total. The highest BCUT2D eigenvalue weighted by Gasteiger charge is 2.24. The summed E-state index contributed by atoms with van der Waals surface area (Å²) < 4.78 is 1.95. The van der Waals surface area contributed by atoms with Gasteiger partial charge in [0.1, 0.15) is 0 Å². The summed E-state index contributed by atoms with van der Waals surface area (Å²) in [4.78, 5) is 19.0. The Balaban J connectivity index is 1.78. The Labute approximate surface area is 131 Å². The Hall–Kier alpha value is -2.10. The lowest BCUT2D eigenvalue weighted by Gasteiger charge is -2.30. The summed E-state index contributed by atoms with van der Waals surface area (Å²) in [5.41, 5.74) is 2.43. The molecule has 0 N–H and O–H groups in total. The Morgan fingerprint density at radius 2 is 2.27 bits per heavy atom. The van der Waals surface area contributed by atoms with Crippen molar-refractivity contribution in [1.82, 2.24) is 14.5 Å². The second-order valence-electron chi connectivity index (χ2n) is 6.37. The number of amides is 1. The predicted molar refractivity (Wildman–Crippen MR) is 86.8 cm³/mol. The Morgan fingerprint density at radius 3 is 3.05 bits per heavy atom. The maximum Gasteiger partial charge on any atom is 0.289 e. The van der Waals surface area contributed by atoms with Crippen molar-refractivity contribution in [2.75, 3.05) is 13.1 Å². The van der Waals surface area contributed by atoms with Crippen LogP contribution in [0.25, 0.3) is 0 Å². The standard InChI is InChI=1S/C18H23N3O/c1-14-5-3-7-16(11-14)13-20-10-8-19-17(20)18(22)21-9-4-6-15(2)12-21/h3,5,7-8,10-11,15H,4,6,9,12-13H2,1-2H3. The number of hydrogen-bond donors (Lipinski definition) is 0. The third-order valence-corrected chi connectivity index (χ3v) is 4.29. The third-order valence-electron chi connectivity index (χ3n) is 4.29. The topological polar surface area (TPSA) is 38.1 Å². The molecule has 0 saturated carbocycles. The van der Waals surface area contributed by atoms with Crippen molar-refractivity contribution in [2.45, 2.75) is 33.2 Å². The van der Waals surface area contributed by atoms with Crippen molar-refractivity contribution in [1.29, 1.82) is 0 Å². The minimum absolute atomic E-state index is 0.0594. The maximum absolute atomic E-state index is 12.7. The molecule has 4 heteroatoms. The fraction of sp³-hybridized carbons (Fsp3) is 0.444. The molecule has 0 radical (unpaired) electrons. The van der Waals surface area contributed by atoms with E-state index in [4.69, 9.17) is 0 Å². The van der Waals surface area contributed by atoms with E-state index in [0.29, 0.717) is 18.3 Å². The van der Waals surface area contributed by atoms with Gasteiger partial charge in [0.05, 0.1) is 0 Å². The van der Waals surface area contributed by atoms with Crippen LogP contribution in [0.1, 0.15) is 41.5 Å². The maximum atomic E-state index is 12.7. The summed E-state index contributed by atoms with van der Waals surface area (Å²) in [7, 11) is 0. The van der Waals surface area contributed by atoms with Gasteiger partial charge in [-0.15, -0.1) is 0 Å². The lowest BCUT2D eigenvalue weighted by molar-refractivity contribution is 0.0666. The number of aromatic nitrogens is 2. The van der Waals surface area contributed by atoms with Gasteiger partial charge >= 0.3 is 0 Å². The number of imidazole rings is 1. The van der Waals surface area contributed by atoms with Gasteiger partial charge in [-0.3, -0.25) is 4.79 Å². The minimum Gasteiger partial charge on any atom is -0.336 e. The van der Waals surface area contributed by atoms with Crippen LogP contribution >= 0.6 is 0 Å². The van der Waals surface area contributed by atoms with Crippen molar-refractivity contribution < 1.29 is 4.79 Å². The Kier molecular flexibility index (Phi) is 4.27. The van der Waals surface area contributed by atoms with Gasteiger partial charge in [-0.1, -0.05) is 36.8 Å². The molecule has 116 valence electrons. The molecule has 1 fully saturated rings. The van der Waals surface area contributed by atoms with Gasteiger partial charge < -0.3 is 9.47 Å². The van der Waals surface area contributed by atoms with Crippen LogP contribution in [0.15, 0.2) is 36.7 Å². The van der Waals surface area contributed by atoms with E-state index in [1.54, 1.807) is 6.20 Å². The second kappa shape index (κ2) is 6.34. The largest absolute Gasteiger partial charge is 0.336 e. The minimum atomic E-state index is 0.0594. The van der Waals surface area contributed by atoms with Gasteiger partial charge in [0.15, 0.2) is 5.82 Å². The summed E-state index contributed by atoms with van der Waals surface area (Å²) in [6, 6.07) is 8.37. The van der Waals surface area contributed by atoms with Crippen LogP contribution < -0.4 is 0 Å². The number of carbonyl (C=O) groups is 1. The van der Waals surface area contributed by atoms with Crippen LogP contribution in [0.5, 0.6) is 0 Å². The highest BCUT2D eigenvalue weighted by Crippen LogP contribution is 2.18. The van der Waals surface area contributed by atoms with E-state index in [9.17, 15) is 4.79 Å². The van der Waals surface area contributed by atoms with Gasteiger partial charge in [0, 0.05) is 32.0 Å². The van der Waals surface area contributed by atoms with Crippen molar-refractivity contribution in [2.24, 2.45) is 5.92 Å². The fourth-order valence-electron chi connectivity index (χ4n) is 3.16. The van der Waals surface area contributed by atoms with Crippen molar-refractivity contribution >= 4 is 5.91 Å². The van der Waals surface area contributed by atoms with E-state index in [1.165, 1.54) is 17.5 Å². The zero-order valence-corrected chi connectivity index (χ0v) is 13.3. The van der Waals surface area contributed by atoms with E-state index in [2.05, 4.69) is 43.1 Å². The Morgan fingerprint density at radius 1 is 1.41 bits per heavy atom. The SMILES string of the molecule is Cc1cccc(Cn2ccnc2C(=O)N2CCCC(C)C2)c1. The van der Waals surface area contributed by atoms with Crippen LogP contribution in [0.4, 0.5) is 0 Å². The number of likely N-dealkylation sites (tertiary alicyclic amines) is 1. The zero-order chi connectivity index (χ0) is 15.5.